The molecule has 56 valence electrons. The highest BCUT2D eigenvalue weighted by molar-refractivity contribution is 7.87. The van der Waals surface area contributed by atoms with Gasteiger partial charge in [-0.3, -0.25) is 0 Å². The smallest absolute Gasteiger partial charge is 0.243 e. The molecule has 0 heterocycles. The second-order valence-electron chi connectivity index (χ2n) is 1.21. The maximum atomic E-state index is 11.3. The van der Waals surface area contributed by atoms with E-state index in [1.807, 2.05) is 0 Å². The van der Waals surface area contributed by atoms with Crippen molar-refractivity contribution in [3.05, 3.63) is 0 Å². The normalized spacial score (nSPS) is 13.8. The van der Waals surface area contributed by atoms with Gasteiger partial charge < -0.3 is 0 Å². The molecule has 0 saturated carbocycles. The molecule has 0 aromatic rings. The SMILES string of the molecule is O=S(=O)(F)C(F)(F)CF. The lowest BCUT2D eigenvalue weighted by Crippen LogP contribution is -2.27. The quantitative estimate of drug-likeness (QED) is 0.450. The number of rotatable bonds is 2. The zero-order chi connectivity index (χ0) is 7.71. The summed E-state index contributed by atoms with van der Waals surface area (Å²) in [5.41, 5.74) is 0. The zero-order valence-corrected chi connectivity index (χ0v) is 4.76. The summed E-state index contributed by atoms with van der Waals surface area (Å²) in [5.74, 6) is 0. The molecule has 0 aliphatic heterocycles. The summed E-state index contributed by atoms with van der Waals surface area (Å²) in [7, 11) is -6.06. The Balaban J connectivity index is 4.56. The predicted molar refractivity (Wildman–Crippen MR) is 20.9 cm³/mol. The summed E-state index contributed by atoms with van der Waals surface area (Å²) in [5, 5.41) is -4.88. The van der Waals surface area contributed by atoms with Crippen LogP contribution in [0.15, 0.2) is 0 Å². The molecule has 9 heavy (non-hydrogen) atoms. The molecular formula is C2H2F4O2S. The van der Waals surface area contributed by atoms with E-state index in [1.54, 1.807) is 0 Å². The van der Waals surface area contributed by atoms with Crippen molar-refractivity contribution in [3.8, 4) is 0 Å². The average molecular weight is 166 g/mol. The van der Waals surface area contributed by atoms with E-state index in [1.165, 1.54) is 0 Å². The van der Waals surface area contributed by atoms with Crippen LogP contribution in [0.2, 0.25) is 0 Å². The van der Waals surface area contributed by atoms with Gasteiger partial charge in [0.25, 0.3) is 0 Å². The van der Waals surface area contributed by atoms with Crippen LogP contribution in [0.3, 0.4) is 0 Å². The van der Waals surface area contributed by atoms with Gasteiger partial charge in [0.2, 0.25) is 0 Å². The molecule has 0 aliphatic rings. The molecule has 0 saturated heterocycles. The lowest BCUT2D eigenvalue weighted by atomic mass is 10.8. The molecule has 7 heteroatoms. The first kappa shape index (κ1) is 8.67. The molecule has 0 aromatic carbocycles. The van der Waals surface area contributed by atoms with Gasteiger partial charge in [-0.2, -0.15) is 17.2 Å². The molecule has 0 amide bonds. The van der Waals surface area contributed by atoms with Crippen LogP contribution in [0.25, 0.3) is 0 Å². The second-order valence-corrected chi connectivity index (χ2v) is 2.68. The van der Waals surface area contributed by atoms with Crippen LogP contribution < -0.4 is 0 Å². The maximum absolute atomic E-state index is 11.3. The van der Waals surface area contributed by atoms with Crippen molar-refractivity contribution in [3.63, 3.8) is 0 Å². The van der Waals surface area contributed by atoms with Crippen LogP contribution in [-0.4, -0.2) is 20.3 Å². The minimum atomic E-state index is -6.06. The van der Waals surface area contributed by atoms with Gasteiger partial charge >= 0.3 is 15.5 Å². The van der Waals surface area contributed by atoms with E-state index in [0.29, 0.717) is 0 Å². The van der Waals surface area contributed by atoms with E-state index in [2.05, 4.69) is 0 Å². The molecule has 0 aliphatic carbocycles. The summed E-state index contributed by atoms with van der Waals surface area (Å²) in [6, 6.07) is 0. The van der Waals surface area contributed by atoms with Crippen LogP contribution in [-0.2, 0) is 10.2 Å². The highest BCUT2D eigenvalue weighted by Crippen LogP contribution is 2.23. The van der Waals surface area contributed by atoms with Gasteiger partial charge in [-0.25, -0.2) is 4.39 Å². The average Bonchev–Trinajstić information content (AvgIpc) is 1.64. The number of halogens is 4. The van der Waals surface area contributed by atoms with E-state index in [0.717, 1.165) is 0 Å². The molecule has 0 spiro atoms. The number of hydrogen-bond donors (Lipinski definition) is 0. The standard InChI is InChI=1S/C2H2F4O2S/c3-1-2(4,5)9(6,7)8/h1H2. The first-order chi connectivity index (χ1) is 3.81. The van der Waals surface area contributed by atoms with Crippen LogP contribution >= 0.6 is 0 Å². The highest BCUT2D eigenvalue weighted by Gasteiger charge is 2.45. The van der Waals surface area contributed by atoms with Crippen molar-refractivity contribution in [1.82, 2.24) is 0 Å². The van der Waals surface area contributed by atoms with Gasteiger partial charge in [-0.15, -0.1) is 0 Å². The van der Waals surface area contributed by atoms with Crippen LogP contribution in [0.5, 0.6) is 0 Å². The Morgan fingerprint density at radius 3 is 1.67 bits per heavy atom. The minimum Gasteiger partial charge on any atom is -0.243 e. The Kier molecular flexibility index (Phi) is 2.05. The Morgan fingerprint density at radius 1 is 1.33 bits per heavy atom. The van der Waals surface area contributed by atoms with Gasteiger partial charge in [0.1, 0.15) is 0 Å². The Labute approximate surface area is 48.7 Å². The Bertz CT molecular complexity index is 183. The molecule has 0 atom stereocenters. The largest absolute Gasteiger partial charge is 0.401 e. The van der Waals surface area contributed by atoms with Crippen LogP contribution in [0.4, 0.5) is 17.1 Å². The summed E-state index contributed by atoms with van der Waals surface area (Å²) in [4.78, 5) is 0. The van der Waals surface area contributed by atoms with Crippen molar-refractivity contribution in [2.75, 3.05) is 6.67 Å². The van der Waals surface area contributed by atoms with Crippen molar-refractivity contribution >= 4 is 10.2 Å². The number of alkyl halides is 3. The molecule has 0 bridgehead atoms. The molecular weight excluding hydrogens is 164 g/mol. The third kappa shape index (κ3) is 1.81. The Morgan fingerprint density at radius 2 is 1.67 bits per heavy atom. The van der Waals surface area contributed by atoms with E-state index in [-0.39, 0.29) is 0 Å². The lowest BCUT2D eigenvalue weighted by Gasteiger charge is -2.03. The van der Waals surface area contributed by atoms with Gasteiger partial charge in [0, 0.05) is 0 Å². The molecule has 0 rings (SSSR count). The van der Waals surface area contributed by atoms with Gasteiger partial charge in [-0.05, 0) is 0 Å². The molecule has 0 aromatic heterocycles. The monoisotopic (exact) mass is 166 g/mol. The first-order valence-electron chi connectivity index (χ1n) is 1.69. The van der Waals surface area contributed by atoms with Crippen molar-refractivity contribution in [2.45, 2.75) is 5.25 Å². The van der Waals surface area contributed by atoms with Gasteiger partial charge in [0.15, 0.2) is 6.67 Å². The molecule has 0 fully saturated rings. The van der Waals surface area contributed by atoms with Crippen molar-refractivity contribution < 1.29 is 25.5 Å². The molecule has 2 nitrogen and oxygen atoms in total. The maximum Gasteiger partial charge on any atom is 0.401 e. The van der Waals surface area contributed by atoms with Gasteiger partial charge in [-0.1, -0.05) is 3.89 Å². The molecule has 0 N–H and O–H groups in total. The number of hydrogen-bond acceptors (Lipinski definition) is 2. The third-order valence-corrected chi connectivity index (χ3v) is 1.33. The van der Waals surface area contributed by atoms with E-state index in [4.69, 9.17) is 0 Å². The zero-order valence-electron chi connectivity index (χ0n) is 3.94. The fourth-order valence-corrected chi connectivity index (χ4v) is 0.195. The third-order valence-electron chi connectivity index (χ3n) is 0.512. The Hall–Kier alpha value is -0.330. The van der Waals surface area contributed by atoms with Crippen LogP contribution in [0.1, 0.15) is 0 Å². The fraction of sp³-hybridized carbons (Fsp3) is 1.00. The second kappa shape index (κ2) is 2.13. The molecule has 0 unspecified atom stereocenters. The van der Waals surface area contributed by atoms with Crippen molar-refractivity contribution in [2.24, 2.45) is 0 Å². The van der Waals surface area contributed by atoms with E-state index >= 15 is 0 Å². The fourth-order valence-electron chi connectivity index (χ4n) is 0.0652. The summed E-state index contributed by atoms with van der Waals surface area (Å²) >= 11 is 0. The van der Waals surface area contributed by atoms with Crippen LogP contribution in [0, 0.1) is 0 Å². The molecule has 0 radical (unpaired) electrons. The summed E-state index contributed by atoms with van der Waals surface area (Å²) in [6.45, 7) is -2.54. The topological polar surface area (TPSA) is 34.1 Å². The first-order valence-corrected chi connectivity index (χ1v) is 3.07. The lowest BCUT2D eigenvalue weighted by molar-refractivity contribution is 0.0569. The van der Waals surface area contributed by atoms with E-state index < -0.39 is 22.2 Å². The summed E-state index contributed by atoms with van der Waals surface area (Å²) < 4.78 is 63.1. The van der Waals surface area contributed by atoms with Gasteiger partial charge in [0.05, 0.1) is 0 Å². The van der Waals surface area contributed by atoms with Crippen molar-refractivity contribution in [1.29, 1.82) is 0 Å². The van der Waals surface area contributed by atoms with E-state index in [9.17, 15) is 25.5 Å². The highest BCUT2D eigenvalue weighted by atomic mass is 32.3. The summed E-state index contributed by atoms with van der Waals surface area (Å²) in [6.07, 6.45) is 0. The predicted octanol–water partition coefficient (Wildman–Crippen LogP) is 0.848. The minimum absolute atomic E-state index is 2.54.